The Balaban J connectivity index is 0.918. The van der Waals surface area contributed by atoms with Crippen molar-refractivity contribution in [2.24, 2.45) is 23.7 Å². The third-order valence-corrected chi connectivity index (χ3v) is 20.1. The number of alkyl carbamates (subject to hydrolysis) is 2. The average Bonchev–Trinajstić information content (AvgIpc) is 2.25. The number of hydrogen-bond acceptors (Lipinski definition) is 12. The smallest absolute Gasteiger partial charge is 0.453 e. The number of benzene rings is 4. The van der Waals surface area contributed by atoms with E-state index in [0.717, 1.165) is 95.9 Å². The SMILES string of the molecule is COC(=O)N[C@H](C(=O)N1[C@H](c2nc3cc(-c4cc5ccc4CCc4ccc(c(-c6ccc7c(c6)nc([C@@H]6C[C@@H]8CCCC[C@@H]8N6C(=O)[C@@H](NC(=O)OC)C(C)C)n7COP(=O)(O)P)c4)CC5)ccc3n2COP(=O)(O)O)C[C@@H]2CCCC[C@@H]21)C(C)C. The van der Waals surface area contributed by atoms with Crippen LogP contribution in [0.25, 0.3) is 44.3 Å². The molecule has 6 aromatic rings. The molecular formula is C62H79N8O13P3. The number of amides is 4. The first kappa shape index (κ1) is 61.6. The van der Waals surface area contributed by atoms with Crippen molar-refractivity contribution in [2.75, 3.05) is 14.2 Å². The Labute approximate surface area is 503 Å². The van der Waals surface area contributed by atoms with Gasteiger partial charge in [0.1, 0.15) is 37.2 Å². The highest BCUT2D eigenvalue weighted by molar-refractivity contribution is 8.11. The van der Waals surface area contributed by atoms with Crippen molar-refractivity contribution in [3.63, 3.8) is 0 Å². The summed E-state index contributed by atoms with van der Waals surface area (Å²) in [7, 11) is -4.55. The summed E-state index contributed by atoms with van der Waals surface area (Å²) in [4.78, 5) is 99.6. The van der Waals surface area contributed by atoms with Gasteiger partial charge in [-0.05, 0) is 166 Å². The van der Waals surface area contributed by atoms with Crippen molar-refractivity contribution in [2.45, 2.75) is 167 Å². The first-order valence-electron chi connectivity index (χ1n) is 30.1. The minimum absolute atomic E-state index is 0.0742. The first-order valence-corrected chi connectivity index (χ1v) is 34.8. The maximum atomic E-state index is 14.8. The Kier molecular flexibility index (Phi) is 18.1. The Morgan fingerprint density at radius 3 is 1.41 bits per heavy atom. The topological polar surface area (TPSA) is 266 Å². The van der Waals surface area contributed by atoms with Crippen molar-refractivity contribution in [1.82, 2.24) is 39.5 Å². The predicted octanol–water partition coefficient (Wildman–Crippen LogP) is 11.0. The summed E-state index contributed by atoms with van der Waals surface area (Å²) < 4.78 is 49.2. The van der Waals surface area contributed by atoms with E-state index in [4.69, 9.17) is 28.5 Å². The van der Waals surface area contributed by atoms with Gasteiger partial charge in [-0.2, -0.15) is 0 Å². The van der Waals surface area contributed by atoms with E-state index in [2.05, 4.69) is 59.2 Å². The van der Waals surface area contributed by atoms with Crippen LogP contribution in [0.2, 0.25) is 0 Å². The monoisotopic (exact) mass is 1240 g/mol. The summed E-state index contributed by atoms with van der Waals surface area (Å²) in [5.74, 6) is 0.385. The molecule has 5 N–H and O–H groups in total. The number of nitrogens with zero attached hydrogens (tertiary/aromatic N) is 6. The van der Waals surface area contributed by atoms with Crippen molar-refractivity contribution in [1.29, 1.82) is 0 Å². The molecule has 0 spiro atoms. The number of phosphoric acid groups is 1. The lowest BCUT2D eigenvalue weighted by Gasteiger charge is -2.37. The number of aromatic nitrogens is 4. The number of fused-ring (bicyclic) bond motifs is 4. The van der Waals surface area contributed by atoms with Gasteiger partial charge in [-0.25, -0.2) is 24.1 Å². The lowest BCUT2D eigenvalue weighted by Crippen LogP contribution is -2.54. The van der Waals surface area contributed by atoms with Gasteiger partial charge in [-0.3, -0.25) is 23.2 Å². The van der Waals surface area contributed by atoms with Crippen molar-refractivity contribution < 1.29 is 61.5 Å². The van der Waals surface area contributed by atoms with Crippen LogP contribution in [0.4, 0.5) is 9.59 Å². The minimum atomic E-state index is -4.94. The van der Waals surface area contributed by atoms with Crippen LogP contribution in [0.5, 0.6) is 0 Å². The summed E-state index contributed by atoms with van der Waals surface area (Å²) in [6, 6.07) is 22.3. The zero-order valence-electron chi connectivity index (χ0n) is 49.6. The second-order valence-corrected chi connectivity index (χ2v) is 29.3. The predicted molar refractivity (Wildman–Crippen MR) is 327 cm³/mol. The van der Waals surface area contributed by atoms with Crippen LogP contribution in [0.3, 0.4) is 0 Å². The van der Waals surface area contributed by atoms with E-state index in [0.29, 0.717) is 72.2 Å². The van der Waals surface area contributed by atoms with Crippen LogP contribution in [-0.2, 0) is 76.4 Å². The van der Waals surface area contributed by atoms with Crippen LogP contribution in [-0.4, -0.2) is 106 Å². The molecule has 2 saturated heterocycles. The van der Waals surface area contributed by atoms with E-state index in [-0.39, 0.29) is 54.3 Å². The maximum Gasteiger partial charge on any atom is 0.471 e. The van der Waals surface area contributed by atoms with E-state index >= 15 is 0 Å². The molecule has 2 saturated carbocycles. The fraction of sp³-hybridized carbons (Fsp3) is 0.516. The zero-order chi connectivity index (χ0) is 60.9. The minimum Gasteiger partial charge on any atom is -0.453 e. The van der Waals surface area contributed by atoms with E-state index in [9.17, 15) is 43.0 Å². The Hall–Kier alpha value is -6.01. The molecule has 2 aromatic heterocycles. The Bertz CT molecular complexity index is 3430. The van der Waals surface area contributed by atoms with Gasteiger partial charge in [-0.15, -0.1) is 0 Å². The fourth-order valence-corrected chi connectivity index (χ4v) is 15.3. The highest BCUT2D eigenvalue weighted by Gasteiger charge is 2.51. The summed E-state index contributed by atoms with van der Waals surface area (Å²) in [5.41, 5.74) is 11.0. The van der Waals surface area contributed by atoms with Crippen molar-refractivity contribution in [3.05, 3.63) is 107 Å². The third kappa shape index (κ3) is 12.8. The van der Waals surface area contributed by atoms with Gasteiger partial charge in [0.2, 0.25) is 11.8 Å². The second kappa shape index (κ2) is 25.2. The summed E-state index contributed by atoms with van der Waals surface area (Å²) in [6.07, 6.45) is 10.1. The van der Waals surface area contributed by atoms with Gasteiger partial charge >= 0.3 is 27.3 Å². The first-order chi connectivity index (χ1) is 41.1. The quantitative estimate of drug-likeness (QED) is 0.0564. The summed E-state index contributed by atoms with van der Waals surface area (Å²) >= 11 is 0. The molecule has 2 aliphatic heterocycles. The molecule has 4 bridgehead atoms. The summed E-state index contributed by atoms with van der Waals surface area (Å²) in [6.45, 7) is 6.74. The average molecular weight is 1240 g/mol. The molecule has 24 heteroatoms. The Morgan fingerprint density at radius 2 is 1.01 bits per heavy atom. The van der Waals surface area contributed by atoms with Gasteiger partial charge in [0.15, 0.2) is 0 Å². The van der Waals surface area contributed by atoms with E-state index in [1.807, 2.05) is 75.3 Å². The summed E-state index contributed by atoms with van der Waals surface area (Å²) in [5, 5.41) is 5.56. The van der Waals surface area contributed by atoms with E-state index in [1.54, 1.807) is 4.57 Å². The molecule has 4 heterocycles. The number of carbonyl (C=O) groups excluding carboxylic acids is 4. The van der Waals surface area contributed by atoms with Crippen LogP contribution in [0.1, 0.15) is 138 Å². The molecule has 2 unspecified atom stereocenters. The van der Waals surface area contributed by atoms with Gasteiger partial charge in [0.05, 0.1) is 48.4 Å². The molecular weight excluding hydrogens is 1160 g/mol. The number of methoxy groups -OCH3 is 2. The normalized spacial score (nSPS) is 22.7. The van der Waals surface area contributed by atoms with Gasteiger partial charge in [-0.1, -0.05) is 102 Å². The van der Waals surface area contributed by atoms with Gasteiger partial charge in [0, 0.05) is 12.1 Å². The van der Waals surface area contributed by atoms with Crippen molar-refractivity contribution in [3.8, 4) is 22.3 Å². The van der Waals surface area contributed by atoms with Crippen molar-refractivity contribution >= 4 is 70.1 Å². The molecule has 10 atom stereocenters. The number of imidazole rings is 2. The standard InChI is InChI=1S/C62H79N8O13P3/c1-35(2)55(65-61(73)80-5)59(71)69-49-13-9-7-11-43(49)31-53(69)57-63-47-29-41(23-25-51(47)67(57)33-82-85(75,76)77)45-27-37-15-19-39(45)20-16-38-18-22-40(21-17-37)46(28-38)42-24-26-52-48(30-42)64-58(68(52)34-83-86(78,79)84)54-32-44-12-8-10-14-50(44)70(54)60(72)56(36(3)4)66-62(74)81-6/h15,18-19,22-30,35-36,43-44,49-50,53-56H,7-14,16-17,20-21,31-34,84H2,1-6H3,(H,65,73)(H,66,74)(H,78,79)(H2,75,76,77)/t43-,44-,49-,50-,53-,54-,55-,56-/m0/s1. The molecule has 4 fully saturated rings. The maximum absolute atomic E-state index is 14.8. The van der Waals surface area contributed by atoms with Crippen LogP contribution >= 0.6 is 24.0 Å². The number of hydrogen-bond donors (Lipinski definition) is 5. The molecule has 4 amide bonds. The third-order valence-electron chi connectivity index (χ3n) is 18.7. The highest BCUT2D eigenvalue weighted by Crippen LogP contribution is 2.53. The van der Waals surface area contributed by atoms with Gasteiger partial charge in [0.25, 0.3) is 0 Å². The second-order valence-electron chi connectivity index (χ2n) is 24.7. The van der Waals surface area contributed by atoms with E-state index < -0.39 is 58.2 Å². The molecule has 8 aliphatic rings. The van der Waals surface area contributed by atoms with Crippen LogP contribution in [0, 0.1) is 23.7 Å². The largest absolute Gasteiger partial charge is 0.471 e. The van der Waals surface area contributed by atoms with E-state index in [1.165, 1.54) is 14.2 Å². The number of phosphoric ester groups is 1. The molecule has 460 valence electrons. The van der Waals surface area contributed by atoms with Crippen LogP contribution in [0.15, 0.2) is 72.8 Å². The lowest BCUT2D eigenvalue weighted by atomic mass is 9.84. The number of nitrogens with one attached hydrogen (secondary N) is 2. The van der Waals surface area contributed by atoms with Crippen LogP contribution < -0.4 is 10.6 Å². The molecule has 0 radical (unpaired) electrons. The molecule has 14 rings (SSSR count). The fourth-order valence-electron chi connectivity index (χ4n) is 14.5. The highest BCUT2D eigenvalue weighted by atomic mass is 32.1. The number of aryl methyl sites for hydroxylation is 4. The van der Waals surface area contributed by atoms with Gasteiger partial charge < -0.3 is 53.7 Å². The molecule has 4 aromatic carbocycles. The lowest BCUT2D eigenvalue weighted by molar-refractivity contribution is -0.139. The Morgan fingerprint density at radius 1 is 0.593 bits per heavy atom. The number of carbonyl (C=O) groups is 4. The zero-order valence-corrected chi connectivity index (χ0v) is 52.5. The number of ether oxygens (including phenoxy) is 2. The molecule has 6 aliphatic carbocycles. The number of rotatable bonds is 16. The number of likely N-dealkylation sites (tertiary alicyclic amines) is 2. The molecule has 21 nitrogen and oxygen atoms in total. The molecule has 86 heavy (non-hydrogen) atoms.